The molecule has 0 spiro atoms. The smallest absolute Gasteiger partial charge is 0.273 e. The van der Waals surface area contributed by atoms with Gasteiger partial charge in [0.1, 0.15) is 0 Å². The summed E-state index contributed by atoms with van der Waals surface area (Å²) in [5, 5.41) is 7.84. The van der Waals surface area contributed by atoms with Crippen LogP contribution in [-0.2, 0) is 16.0 Å². The summed E-state index contributed by atoms with van der Waals surface area (Å²) in [6.07, 6.45) is 3.41. The van der Waals surface area contributed by atoms with Gasteiger partial charge in [-0.2, -0.15) is 5.10 Å². The lowest BCUT2D eigenvalue weighted by atomic mass is 10.1. The number of nitrogens with zero attached hydrogens (tertiary/aromatic N) is 3. The molecule has 0 saturated carbocycles. The minimum atomic E-state index is -0.236. The van der Waals surface area contributed by atoms with Crippen molar-refractivity contribution in [1.82, 2.24) is 25.1 Å². The minimum Gasteiger partial charge on any atom is -0.383 e. The molecule has 0 aliphatic heterocycles. The number of aromatic amines is 2. The highest BCUT2D eigenvalue weighted by atomic mass is 16.5. The van der Waals surface area contributed by atoms with Crippen LogP contribution in [0.5, 0.6) is 0 Å². The van der Waals surface area contributed by atoms with Crippen molar-refractivity contribution in [2.24, 2.45) is 0 Å². The molecule has 8 heteroatoms. The Morgan fingerprint density at radius 2 is 1.72 bits per heavy atom. The molecule has 4 aromatic rings. The van der Waals surface area contributed by atoms with Gasteiger partial charge in [0.15, 0.2) is 0 Å². The summed E-state index contributed by atoms with van der Waals surface area (Å²) < 4.78 is 10.5. The van der Waals surface area contributed by atoms with Gasteiger partial charge in [0.25, 0.3) is 5.56 Å². The Hall–Kier alpha value is -3.33. The monoisotopic (exact) mass is 433 g/mol. The predicted molar refractivity (Wildman–Crippen MR) is 124 cm³/mol. The largest absolute Gasteiger partial charge is 0.383 e. The fraction of sp³-hybridized carbons (Fsp3) is 0.292. The third kappa shape index (κ3) is 5.11. The summed E-state index contributed by atoms with van der Waals surface area (Å²) in [4.78, 5) is 22.2. The average molecular weight is 434 g/mol. The van der Waals surface area contributed by atoms with E-state index >= 15 is 0 Å². The van der Waals surface area contributed by atoms with Gasteiger partial charge in [-0.1, -0.05) is 6.07 Å². The van der Waals surface area contributed by atoms with Crippen LogP contribution in [0, 0.1) is 0 Å². The summed E-state index contributed by atoms with van der Waals surface area (Å²) in [5.41, 5.74) is 4.82. The van der Waals surface area contributed by atoms with Crippen LogP contribution in [0.15, 0.2) is 59.7 Å². The third-order valence-electron chi connectivity index (χ3n) is 5.38. The maximum absolute atomic E-state index is 12.5. The van der Waals surface area contributed by atoms with Crippen LogP contribution in [0.25, 0.3) is 33.4 Å². The maximum Gasteiger partial charge on any atom is 0.273 e. The molecule has 0 amide bonds. The standard InChI is InChI=1S/C24H27N5O3/c1-31-11-9-29(10-12-32-2)16-17-3-4-21-19(13-17)14-23(26-21)20-15-22(27-28-24(20)30)18-5-7-25-8-6-18/h3-8,13-15,26H,9-12,16H2,1-2H3,(H,28,30). The summed E-state index contributed by atoms with van der Waals surface area (Å²) in [6.45, 7) is 3.81. The number of nitrogens with one attached hydrogen (secondary N) is 2. The molecule has 0 saturated heterocycles. The van der Waals surface area contributed by atoms with Gasteiger partial charge in [-0.05, 0) is 42.0 Å². The van der Waals surface area contributed by atoms with E-state index in [4.69, 9.17) is 9.47 Å². The first-order chi connectivity index (χ1) is 15.7. The Kier molecular flexibility index (Phi) is 7.06. The first-order valence-electron chi connectivity index (χ1n) is 10.5. The quantitative estimate of drug-likeness (QED) is 0.399. The SMILES string of the molecule is COCCN(CCOC)Cc1ccc2[nH]c(-c3cc(-c4ccncc4)n[nH]c3=O)cc2c1. The lowest BCUT2D eigenvalue weighted by Gasteiger charge is -2.21. The van der Waals surface area contributed by atoms with Crippen molar-refractivity contribution < 1.29 is 9.47 Å². The van der Waals surface area contributed by atoms with Crippen molar-refractivity contribution in [3.8, 4) is 22.5 Å². The molecule has 1 aromatic carbocycles. The van der Waals surface area contributed by atoms with E-state index in [1.54, 1.807) is 32.7 Å². The van der Waals surface area contributed by atoms with E-state index < -0.39 is 0 Å². The number of H-pyrrole nitrogens is 2. The van der Waals surface area contributed by atoms with Crippen molar-refractivity contribution in [1.29, 1.82) is 0 Å². The number of hydrogen-bond acceptors (Lipinski definition) is 6. The molecule has 3 aromatic heterocycles. The van der Waals surface area contributed by atoms with Gasteiger partial charge in [0, 0.05) is 62.7 Å². The summed E-state index contributed by atoms with van der Waals surface area (Å²) >= 11 is 0. The molecule has 3 heterocycles. The molecule has 0 fully saturated rings. The van der Waals surface area contributed by atoms with Crippen molar-refractivity contribution >= 4 is 10.9 Å². The third-order valence-corrected chi connectivity index (χ3v) is 5.38. The molecule has 4 rings (SSSR count). The Bertz CT molecular complexity index is 1210. The van der Waals surface area contributed by atoms with Crippen LogP contribution in [0.4, 0.5) is 0 Å². The van der Waals surface area contributed by atoms with Gasteiger partial charge >= 0.3 is 0 Å². The maximum atomic E-state index is 12.5. The number of fused-ring (bicyclic) bond motifs is 1. The Morgan fingerprint density at radius 3 is 2.44 bits per heavy atom. The topological polar surface area (TPSA) is 96.1 Å². The van der Waals surface area contributed by atoms with Crippen LogP contribution in [0.3, 0.4) is 0 Å². The molecular weight excluding hydrogens is 406 g/mol. The van der Waals surface area contributed by atoms with E-state index in [0.29, 0.717) is 24.5 Å². The summed E-state index contributed by atoms with van der Waals surface area (Å²) in [6, 6.07) is 13.8. The van der Waals surface area contributed by atoms with Gasteiger partial charge in [-0.25, -0.2) is 5.10 Å². The lowest BCUT2D eigenvalue weighted by molar-refractivity contribution is 0.110. The first-order valence-corrected chi connectivity index (χ1v) is 10.5. The van der Waals surface area contributed by atoms with Crippen LogP contribution < -0.4 is 5.56 Å². The zero-order valence-electron chi connectivity index (χ0n) is 18.3. The molecule has 8 nitrogen and oxygen atoms in total. The molecule has 2 N–H and O–H groups in total. The average Bonchev–Trinajstić information content (AvgIpc) is 3.25. The van der Waals surface area contributed by atoms with E-state index in [0.717, 1.165) is 41.8 Å². The molecule has 0 aliphatic carbocycles. The molecule has 32 heavy (non-hydrogen) atoms. The minimum absolute atomic E-state index is 0.236. The second-order valence-corrected chi connectivity index (χ2v) is 7.60. The number of benzene rings is 1. The van der Waals surface area contributed by atoms with Gasteiger partial charge in [0.2, 0.25) is 0 Å². The van der Waals surface area contributed by atoms with Crippen molar-refractivity contribution in [2.75, 3.05) is 40.5 Å². The van der Waals surface area contributed by atoms with Crippen molar-refractivity contribution in [2.45, 2.75) is 6.54 Å². The highest BCUT2D eigenvalue weighted by Crippen LogP contribution is 2.25. The van der Waals surface area contributed by atoms with Crippen LogP contribution >= 0.6 is 0 Å². The second-order valence-electron chi connectivity index (χ2n) is 7.60. The van der Waals surface area contributed by atoms with Gasteiger partial charge < -0.3 is 14.5 Å². The van der Waals surface area contributed by atoms with Crippen molar-refractivity contribution in [3.63, 3.8) is 0 Å². The number of aromatic nitrogens is 4. The number of rotatable bonds is 10. The van der Waals surface area contributed by atoms with E-state index in [2.05, 4.69) is 43.3 Å². The summed E-state index contributed by atoms with van der Waals surface area (Å²) in [5.74, 6) is 0. The second kappa shape index (κ2) is 10.3. The number of hydrogen-bond donors (Lipinski definition) is 2. The zero-order chi connectivity index (χ0) is 22.3. The van der Waals surface area contributed by atoms with Gasteiger partial charge in [-0.3, -0.25) is 14.7 Å². The van der Waals surface area contributed by atoms with Crippen molar-refractivity contribution in [3.05, 3.63) is 70.8 Å². The van der Waals surface area contributed by atoms with E-state index in [1.165, 1.54) is 5.56 Å². The Labute approximate surface area is 186 Å². The van der Waals surface area contributed by atoms with Crippen LogP contribution in [-0.4, -0.2) is 65.6 Å². The molecule has 0 bridgehead atoms. The Morgan fingerprint density at radius 1 is 0.969 bits per heavy atom. The zero-order valence-corrected chi connectivity index (χ0v) is 18.3. The first kappa shape index (κ1) is 21.9. The lowest BCUT2D eigenvalue weighted by Crippen LogP contribution is -2.30. The number of pyridine rings is 1. The van der Waals surface area contributed by atoms with E-state index in [-0.39, 0.29) is 5.56 Å². The molecule has 0 aliphatic rings. The number of ether oxygens (including phenoxy) is 2. The van der Waals surface area contributed by atoms with Crippen LogP contribution in [0.2, 0.25) is 0 Å². The molecule has 0 radical (unpaired) electrons. The normalized spacial score (nSPS) is 11.5. The summed E-state index contributed by atoms with van der Waals surface area (Å²) in [7, 11) is 3.42. The molecule has 166 valence electrons. The highest BCUT2D eigenvalue weighted by molar-refractivity contribution is 5.86. The Balaban J connectivity index is 1.61. The van der Waals surface area contributed by atoms with Gasteiger partial charge in [-0.15, -0.1) is 0 Å². The fourth-order valence-corrected chi connectivity index (χ4v) is 3.67. The molecule has 0 atom stereocenters. The van der Waals surface area contributed by atoms with Crippen LogP contribution in [0.1, 0.15) is 5.56 Å². The van der Waals surface area contributed by atoms with E-state index in [1.807, 2.05) is 18.2 Å². The molecule has 0 unspecified atom stereocenters. The van der Waals surface area contributed by atoms with Gasteiger partial charge in [0.05, 0.1) is 30.2 Å². The molecular formula is C24H27N5O3. The highest BCUT2D eigenvalue weighted by Gasteiger charge is 2.12. The predicted octanol–water partition coefficient (Wildman–Crippen LogP) is 3.08. The fourth-order valence-electron chi connectivity index (χ4n) is 3.67. The number of methoxy groups -OCH3 is 2. The van der Waals surface area contributed by atoms with E-state index in [9.17, 15) is 4.79 Å².